The van der Waals surface area contributed by atoms with Gasteiger partial charge in [-0.2, -0.15) is 5.10 Å². The molecular weight excluding hydrogens is 398 g/mol. The van der Waals surface area contributed by atoms with Crippen molar-refractivity contribution in [2.75, 3.05) is 12.8 Å². The minimum absolute atomic E-state index is 0.164. The van der Waals surface area contributed by atoms with Gasteiger partial charge in [-0.05, 0) is 46.1 Å². The van der Waals surface area contributed by atoms with E-state index in [1.807, 2.05) is 23.2 Å². The average molecular weight is 438 g/mol. The highest BCUT2D eigenvalue weighted by Crippen LogP contribution is 2.20. The molecule has 2 aromatic rings. The Morgan fingerprint density at radius 3 is 2.43 bits per heavy atom. The van der Waals surface area contributed by atoms with E-state index in [1.165, 1.54) is 5.56 Å². The maximum atomic E-state index is 13.0. The molecule has 0 aromatic carbocycles. The summed E-state index contributed by atoms with van der Waals surface area (Å²) >= 11 is 0. The van der Waals surface area contributed by atoms with E-state index >= 15 is 0 Å². The predicted molar refractivity (Wildman–Crippen MR) is 121 cm³/mol. The van der Waals surface area contributed by atoms with E-state index in [1.54, 1.807) is 6.20 Å². The van der Waals surface area contributed by atoms with Gasteiger partial charge in [0.05, 0.1) is 23.3 Å². The standard InChI is InChI=1S/C22H39N5O2S/c1-8-9-12-27-20(14-23-22(27)30(28,29)13-10-11-17(2)3)15-25(6)16-21-18(4)24-26(7)19(21)5/h14,17H,8-13,15-16H2,1-7H3. The molecule has 0 aliphatic rings. The van der Waals surface area contributed by atoms with Crippen molar-refractivity contribution in [3.05, 3.63) is 28.8 Å². The van der Waals surface area contributed by atoms with Crippen LogP contribution in [0, 0.1) is 19.8 Å². The first-order chi connectivity index (χ1) is 14.1. The van der Waals surface area contributed by atoms with Crippen molar-refractivity contribution in [2.45, 2.75) is 85.1 Å². The Morgan fingerprint density at radius 2 is 1.87 bits per heavy atom. The van der Waals surface area contributed by atoms with Crippen LogP contribution in [0.3, 0.4) is 0 Å². The highest BCUT2D eigenvalue weighted by Gasteiger charge is 2.24. The molecule has 0 saturated heterocycles. The van der Waals surface area contributed by atoms with Gasteiger partial charge in [-0.25, -0.2) is 13.4 Å². The van der Waals surface area contributed by atoms with E-state index in [2.05, 4.69) is 49.7 Å². The van der Waals surface area contributed by atoms with Gasteiger partial charge >= 0.3 is 0 Å². The summed E-state index contributed by atoms with van der Waals surface area (Å²) in [6.07, 6.45) is 5.27. The van der Waals surface area contributed by atoms with E-state index in [9.17, 15) is 8.42 Å². The predicted octanol–water partition coefficient (Wildman–Crippen LogP) is 3.88. The van der Waals surface area contributed by atoms with Gasteiger partial charge in [-0.15, -0.1) is 0 Å². The van der Waals surface area contributed by atoms with E-state index in [0.717, 1.165) is 42.9 Å². The lowest BCUT2D eigenvalue weighted by Crippen LogP contribution is -2.22. The molecule has 0 radical (unpaired) electrons. The van der Waals surface area contributed by atoms with Crippen LogP contribution in [0.4, 0.5) is 0 Å². The van der Waals surface area contributed by atoms with Crippen molar-refractivity contribution < 1.29 is 8.42 Å². The van der Waals surface area contributed by atoms with Crippen LogP contribution in [0.1, 0.15) is 69.1 Å². The van der Waals surface area contributed by atoms with Crippen LogP contribution in [0.15, 0.2) is 11.4 Å². The SMILES string of the molecule is CCCCn1c(CN(C)Cc2c(C)nn(C)c2C)cnc1S(=O)(=O)CCCC(C)C. The average Bonchev–Trinajstić information content (AvgIpc) is 3.15. The molecule has 0 aliphatic heterocycles. The lowest BCUT2D eigenvalue weighted by Gasteiger charge is -2.19. The van der Waals surface area contributed by atoms with Crippen LogP contribution in [-0.2, 0) is 36.5 Å². The maximum Gasteiger partial charge on any atom is 0.227 e. The largest absolute Gasteiger partial charge is 0.318 e. The molecule has 0 amide bonds. The second-order valence-corrected chi connectivity index (χ2v) is 10.8. The van der Waals surface area contributed by atoms with Crippen LogP contribution >= 0.6 is 0 Å². The summed E-state index contributed by atoms with van der Waals surface area (Å²) in [6, 6.07) is 0. The number of unbranched alkanes of at least 4 members (excludes halogenated alkanes) is 1. The summed E-state index contributed by atoms with van der Waals surface area (Å²) in [4.78, 5) is 6.57. The fraction of sp³-hybridized carbons (Fsp3) is 0.727. The van der Waals surface area contributed by atoms with Crippen LogP contribution in [0.25, 0.3) is 0 Å². The number of imidazole rings is 1. The molecule has 0 spiro atoms. The fourth-order valence-corrected chi connectivity index (χ4v) is 5.23. The minimum Gasteiger partial charge on any atom is -0.318 e. The fourth-order valence-electron chi connectivity index (χ4n) is 3.74. The number of sulfone groups is 1. The molecule has 2 heterocycles. The quantitative estimate of drug-likeness (QED) is 0.504. The normalized spacial score (nSPS) is 12.4. The topological polar surface area (TPSA) is 73.0 Å². The number of aryl methyl sites for hydroxylation is 2. The summed E-state index contributed by atoms with van der Waals surface area (Å²) in [5.74, 6) is 0.668. The molecule has 0 N–H and O–H groups in total. The van der Waals surface area contributed by atoms with E-state index < -0.39 is 9.84 Å². The first-order valence-electron chi connectivity index (χ1n) is 11.0. The van der Waals surface area contributed by atoms with Gasteiger partial charge < -0.3 is 4.57 Å². The number of rotatable bonds is 12. The van der Waals surface area contributed by atoms with Gasteiger partial charge in [0.2, 0.25) is 15.0 Å². The Kier molecular flexibility index (Phi) is 8.67. The second kappa shape index (κ2) is 10.6. The Bertz CT molecular complexity index is 928. The monoisotopic (exact) mass is 437 g/mol. The van der Waals surface area contributed by atoms with Gasteiger partial charge in [0.25, 0.3) is 0 Å². The molecule has 0 bridgehead atoms. The number of aromatic nitrogens is 4. The first-order valence-corrected chi connectivity index (χ1v) is 12.7. The maximum absolute atomic E-state index is 13.0. The first kappa shape index (κ1) is 24.6. The lowest BCUT2D eigenvalue weighted by atomic mass is 10.1. The molecule has 8 heteroatoms. The molecule has 0 atom stereocenters. The highest BCUT2D eigenvalue weighted by molar-refractivity contribution is 7.91. The van der Waals surface area contributed by atoms with Crippen molar-refractivity contribution in [2.24, 2.45) is 13.0 Å². The van der Waals surface area contributed by atoms with Crippen molar-refractivity contribution in [1.29, 1.82) is 0 Å². The molecule has 2 aromatic heterocycles. The number of nitrogens with zero attached hydrogens (tertiary/aromatic N) is 5. The van der Waals surface area contributed by atoms with E-state index in [4.69, 9.17) is 0 Å². The summed E-state index contributed by atoms with van der Waals surface area (Å²) in [5.41, 5.74) is 4.37. The van der Waals surface area contributed by atoms with E-state index in [0.29, 0.717) is 25.4 Å². The van der Waals surface area contributed by atoms with Gasteiger partial charge in [-0.1, -0.05) is 27.2 Å². The molecule has 30 heavy (non-hydrogen) atoms. The highest BCUT2D eigenvalue weighted by atomic mass is 32.2. The zero-order valence-electron chi connectivity index (χ0n) is 19.8. The third-order valence-corrected chi connectivity index (χ3v) is 7.34. The summed E-state index contributed by atoms with van der Waals surface area (Å²) in [5, 5.41) is 4.73. The van der Waals surface area contributed by atoms with Crippen LogP contribution in [0.5, 0.6) is 0 Å². The Balaban J connectivity index is 2.21. The van der Waals surface area contributed by atoms with Crippen molar-refractivity contribution in [1.82, 2.24) is 24.2 Å². The molecule has 0 unspecified atom stereocenters. The van der Waals surface area contributed by atoms with Gasteiger partial charge in [0, 0.05) is 37.9 Å². The second-order valence-electron chi connectivity index (χ2n) is 8.84. The molecule has 2 rings (SSSR count). The van der Waals surface area contributed by atoms with Gasteiger partial charge in [0.1, 0.15) is 0 Å². The minimum atomic E-state index is -3.38. The molecule has 7 nitrogen and oxygen atoms in total. The van der Waals surface area contributed by atoms with Crippen LogP contribution in [-0.4, -0.2) is 45.4 Å². The Morgan fingerprint density at radius 1 is 1.17 bits per heavy atom. The lowest BCUT2D eigenvalue weighted by molar-refractivity contribution is 0.305. The zero-order chi connectivity index (χ0) is 22.5. The van der Waals surface area contributed by atoms with Crippen molar-refractivity contribution in [3.8, 4) is 0 Å². The number of hydrogen-bond acceptors (Lipinski definition) is 5. The molecule has 170 valence electrons. The molecular formula is C22H39N5O2S. The molecule has 0 aliphatic carbocycles. The molecule has 0 saturated carbocycles. The summed E-state index contributed by atoms with van der Waals surface area (Å²) in [6.45, 7) is 12.6. The van der Waals surface area contributed by atoms with Crippen molar-refractivity contribution >= 4 is 9.84 Å². The zero-order valence-corrected chi connectivity index (χ0v) is 20.6. The Hall–Kier alpha value is -1.67. The van der Waals surface area contributed by atoms with Crippen LogP contribution in [0.2, 0.25) is 0 Å². The Labute approximate surface area is 182 Å². The summed E-state index contributed by atoms with van der Waals surface area (Å²) in [7, 11) is 0.635. The molecule has 0 fully saturated rings. The van der Waals surface area contributed by atoms with Gasteiger partial charge in [-0.3, -0.25) is 9.58 Å². The number of hydrogen-bond donors (Lipinski definition) is 0. The van der Waals surface area contributed by atoms with Crippen molar-refractivity contribution in [3.63, 3.8) is 0 Å². The third-order valence-electron chi connectivity index (χ3n) is 5.63. The third kappa shape index (κ3) is 6.17. The summed E-state index contributed by atoms with van der Waals surface area (Å²) < 4.78 is 29.8. The smallest absolute Gasteiger partial charge is 0.227 e. The van der Waals surface area contributed by atoms with Crippen LogP contribution < -0.4 is 0 Å². The van der Waals surface area contributed by atoms with E-state index in [-0.39, 0.29) is 10.9 Å². The van der Waals surface area contributed by atoms with Gasteiger partial charge in [0.15, 0.2) is 0 Å².